The molecular weight excluding hydrogens is 212 g/mol. The molecular formula is C10H18N2O2S. The van der Waals surface area contributed by atoms with Crippen LogP contribution >= 0.6 is 11.3 Å². The van der Waals surface area contributed by atoms with Gasteiger partial charge in [0.05, 0.1) is 24.2 Å². The third-order valence-corrected chi connectivity index (χ3v) is 2.72. The summed E-state index contributed by atoms with van der Waals surface area (Å²) in [6.07, 6.45) is 1.97. The van der Waals surface area contributed by atoms with Crippen molar-refractivity contribution in [2.24, 2.45) is 0 Å². The molecule has 1 unspecified atom stereocenters. The predicted molar refractivity (Wildman–Crippen MR) is 62.4 cm³/mol. The molecule has 15 heavy (non-hydrogen) atoms. The Kier molecular flexibility index (Phi) is 5.60. The minimum absolute atomic E-state index is 0.125. The zero-order valence-corrected chi connectivity index (χ0v) is 10.3. The van der Waals surface area contributed by atoms with Gasteiger partial charge in [-0.25, -0.2) is 4.98 Å². The van der Waals surface area contributed by atoms with Crippen LogP contribution in [0.2, 0.25) is 0 Å². The largest absolute Gasteiger partial charge is 0.382 e. The van der Waals surface area contributed by atoms with Crippen LogP contribution in [0.25, 0.3) is 0 Å². The third-order valence-electron chi connectivity index (χ3n) is 1.79. The minimum atomic E-state index is 0.125. The van der Waals surface area contributed by atoms with Crippen molar-refractivity contribution in [2.75, 3.05) is 25.6 Å². The fourth-order valence-corrected chi connectivity index (χ4v) is 1.92. The molecule has 0 saturated carbocycles. The smallest absolute Gasteiger partial charge is 0.182 e. The van der Waals surface area contributed by atoms with Crippen LogP contribution in [0.3, 0.4) is 0 Å². The van der Waals surface area contributed by atoms with Gasteiger partial charge in [0, 0.05) is 19.9 Å². The Labute approximate surface area is 94.6 Å². The van der Waals surface area contributed by atoms with Gasteiger partial charge < -0.3 is 14.8 Å². The highest BCUT2D eigenvalue weighted by atomic mass is 32.1. The van der Waals surface area contributed by atoms with E-state index in [-0.39, 0.29) is 6.10 Å². The van der Waals surface area contributed by atoms with Gasteiger partial charge >= 0.3 is 0 Å². The summed E-state index contributed by atoms with van der Waals surface area (Å²) in [7, 11) is 1.68. The van der Waals surface area contributed by atoms with E-state index in [2.05, 4.69) is 17.2 Å². The van der Waals surface area contributed by atoms with Crippen LogP contribution in [-0.2, 0) is 16.1 Å². The quantitative estimate of drug-likeness (QED) is 0.779. The van der Waals surface area contributed by atoms with Gasteiger partial charge in [0.15, 0.2) is 5.13 Å². The molecule has 0 aliphatic carbocycles. The zero-order valence-electron chi connectivity index (χ0n) is 9.45. The van der Waals surface area contributed by atoms with Gasteiger partial charge in [0.2, 0.25) is 0 Å². The SMILES string of the molecule is CCNc1ncc(COC(C)COC)s1. The van der Waals surface area contributed by atoms with Crippen molar-refractivity contribution >= 4 is 16.5 Å². The molecule has 4 nitrogen and oxygen atoms in total. The van der Waals surface area contributed by atoms with Crippen molar-refractivity contribution in [1.29, 1.82) is 0 Å². The number of anilines is 1. The number of nitrogens with zero attached hydrogens (tertiary/aromatic N) is 1. The van der Waals surface area contributed by atoms with E-state index < -0.39 is 0 Å². The predicted octanol–water partition coefficient (Wildman–Crippen LogP) is 2.13. The maximum atomic E-state index is 5.58. The molecule has 0 amide bonds. The Morgan fingerprint density at radius 2 is 2.40 bits per heavy atom. The summed E-state index contributed by atoms with van der Waals surface area (Å²) in [4.78, 5) is 5.36. The summed E-state index contributed by atoms with van der Waals surface area (Å²) in [6, 6.07) is 0. The summed E-state index contributed by atoms with van der Waals surface area (Å²) < 4.78 is 10.6. The summed E-state index contributed by atoms with van der Waals surface area (Å²) in [5, 5.41) is 4.12. The van der Waals surface area contributed by atoms with Crippen molar-refractivity contribution in [3.63, 3.8) is 0 Å². The third kappa shape index (κ3) is 4.59. The fourth-order valence-electron chi connectivity index (χ4n) is 1.11. The van der Waals surface area contributed by atoms with Crippen LogP contribution < -0.4 is 5.32 Å². The van der Waals surface area contributed by atoms with E-state index in [1.807, 2.05) is 13.1 Å². The highest BCUT2D eigenvalue weighted by Gasteiger charge is 2.04. The number of nitrogens with one attached hydrogen (secondary N) is 1. The number of ether oxygens (including phenoxy) is 2. The van der Waals surface area contributed by atoms with Crippen LogP contribution in [0.5, 0.6) is 0 Å². The highest BCUT2D eigenvalue weighted by Crippen LogP contribution is 2.18. The molecule has 0 aliphatic rings. The summed E-state index contributed by atoms with van der Waals surface area (Å²) in [5.74, 6) is 0. The van der Waals surface area contributed by atoms with E-state index in [1.165, 1.54) is 0 Å². The van der Waals surface area contributed by atoms with Crippen molar-refractivity contribution in [3.8, 4) is 0 Å². The van der Waals surface area contributed by atoms with Crippen LogP contribution in [0.15, 0.2) is 6.20 Å². The number of aromatic nitrogens is 1. The second-order valence-corrected chi connectivity index (χ2v) is 4.35. The molecule has 0 radical (unpaired) electrons. The summed E-state index contributed by atoms with van der Waals surface area (Å²) >= 11 is 1.63. The fraction of sp³-hybridized carbons (Fsp3) is 0.700. The lowest BCUT2D eigenvalue weighted by atomic mass is 10.4. The van der Waals surface area contributed by atoms with Crippen molar-refractivity contribution in [1.82, 2.24) is 4.98 Å². The Balaban J connectivity index is 2.30. The minimum Gasteiger partial charge on any atom is -0.382 e. The van der Waals surface area contributed by atoms with E-state index in [0.717, 1.165) is 16.6 Å². The Morgan fingerprint density at radius 3 is 3.07 bits per heavy atom. The molecule has 0 fully saturated rings. The van der Waals surface area contributed by atoms with E-state index in [1.54, 1.807) is 18.4 Å². The number of rotatable bonds is 7. The number of hydrogen-bond acceptors (Lipinski definition) is 5. The van der Waals surface area contributed by atoms with Crippen LogP contribution in [0.1, 0.15) is 18.7 Å². The van der Waals surface area contributed by atoms with Gasteiger partial charge in [-0.05, 0) is 13.8 Å². The molecule has 0 spiro atoms. The first-order valence-electron chi connectivity index (χ1n) is 5.05. The molecule has 0 aliphatic heterocycles. The van der Waals surface area contributed by atoms with Gasteiger partial charge in [-0.2, -0.15) is 0 Å². The Bertz CT molecular complexity index is 278. The molecule has 5 heteroatoms. The molecule has 1 N–H and O–H groups in total. The molecule has 1 atom stereocenters. The van der Waals surface area contributed by atoms with E-state index in [9.17, 15) is 0 Å². The van der Waals surface area contributed by atoms with Crippen molar-refractivity contribution in [2.45, 2.75) is 26.6 Å². The maximum Gasteiger partial charge on any atom is 0.182 e. The van der Waals surface area contributed by atoms with Gasteiger partial charge in [0.25, 0.3) is 0 Å². The van der Waals surface area contributed by atoms with Gasteiger partial charge in [-0.3, -0.25) is 0 Å². The molecule has 86 valence electrons. The average molecular weight is 230 g/mol. The zero-order chi connectivity index (χ0) is 11.1. The van der Waals surface area contributed by atoms with Gasteiger partial charge in [0.1, 0.15) is 0 Å². The highest BCUT2D eigenvalue weighted by molar-refractivity contribution is 7.15. The first-order valence-corrected chi connectivity index (χ1v) is 5.87. The molecule has 0 aromatic carbocycles. The van der Waals surface area contributed by atoms with Gasteiger partial charge in [-0.1, -0.05) is 11.3 Å². The van der Waals surface area contributed by atoms with Crippen molar-refractivity contribution in [3.05, 3.63) is 11.1 Å². The number of hydrogen-bond donors (Lipinski definition) is 1. The van der Waals surface area contributed by atoms with Crippen LogP contribution in [0.4, 0.5) is 5.13 Å². The normalized spacial score (nSPS) is 12.7. The molecule has 0 bridgehead atoms. The lowest BCUT2D eigenvalue weighted by molar-refractivity contribution is 0.000872. The van der Waals surface area contributed by atoms with Gasteiger partial charge in [-0.15, -0.1) is 0 Å². The van der Waals surface area contributed by atoms with E-state index >= 15 is 0 Å². The van der Waals surface area contributed by atoms with Crippen LogP contribution in [0, 0.1) is 0 Å². The summed E-state index contributed by atoms with van der Waals surface area (Å²) in [6.45, 7) is 6.17. The Hall–Kier alpha value is -0.650. The van der Waals surface area contributed by atoms with Crippen molar-refractivity contribution < 1.29 is 9.47 Å². The second kappa shape index (κ2) is 6.76. The van der Waals surface area contributed by atoms with E-state index in [4.69, 9.17) is 9.47 Å². The number of thiazole rings is 1. The maximum absolute atomic E-state index is 5.58. The topological polar surface area (TPSA) is 43.4 Å². The lowest BCUT2D eigenvalue weighted by Gasteiger charge is -2.10. The number of methoxy groups -OCH3 is 1. The van der Waals surface area contributed by atoms with Crippen LogP contribution in [-0.4, -0.2) is 31.3 Å². The lowest BCUT2D eigenvalue weighted by Crippen LogP contribution is -2.14. The summed E-state index contributed by atoms with van der Waals surface area (Å²) in [5.41, 5.74) is 0. The second-order valence-electron chi connectivity index (χ2n) is 3.24. The molecule has 1 heterocycles. The van der Waals surface area contributed by atoms with E-state index in [0.29, 0.717) is 13.2 Å². The monoisotopic (exact) mass is 230 g/mol. The molecule has 0 saturated heterocycles. The molecule has 1 rings (SSSR count). The first-order chi connectivity index (χ1) is 7.26. The molecule has 1 aromatic heterocycles. The standard InChI is InChI=1S/C10H18N2O2S/c1-4-11-10-12-5-9(15-10)7-14-8(2)6-13-3/h5,8H,4,6-7H2,1-3H3,(H,11,12). The first kappa shape index (κ1) is 12.4. The average Bonchev–Trinajstić information content (AvgIpc) is 2.64. The molecule has 1 aromatic rings. The Morgan fingerprint density at radius 1 is 1.60 bits per heavy atom.